The van der Waals surface area contributed by atoms with Crippen molar-refractivity contribution in [2.75, 3.05) is 32.0 Å². The number of fused-ring (bicyclic) bond motifs is 8. The van der Waals surface area contributed by atoms with Crippen molar-refractivity contribution in [2.45, 2.75) is 6.54 Å². The van der Waals surface area contributed by atoms with Gasteiger partial charge in [-0.2, -0.15) is 0 Å². The molecule has 61 heavy (non-hydrogen) atoms. The van der Waals surface area contributed by atoms with E-state index < -0.39 is 0 Å². The molecule has 0 spiro atoms. The van der Waals surface area contributed by atoms with Crippen LogP contribution in [0.5, 0.6) is 5.75 Å². The van der Waals surface area contributed by atoms with Gasteiger partial charge >= 0.3 is 0 Å². The normalized spacial score (nSPS) is 12.1. The maximum atomic E-state index is 6.67. The highest BCUT2D eigenvalue weighted by Gasteiger charge is 2.20. The molecule has 6 nitrogen and oxygen atoms in total. The zero-order chi connectivity index (χ0) is 42.0. The number of methoxy groups -OCH3 is 1. The van der Waals surface area contributed by atoms with E-state index in [1.165, 1.54) is 0 Å². The lowest BCUT2D eigenvalue weighted by molar-refractivity contribution is 0.292. The number of hydrogen-bond acceptors (Lipinski definition) is 4. The molecule has 304 valence electrons. The number of aromatic nitrogens is 4. The lowest BCUT2D eigenvalue weighted by Gasteiger charge is -2.22. The highest BCUT2D eigenvalue weighted by molar-refractivity contribution is 6.31. The molecule has 3 aromatic heterocycles. The number of alkyl halides is 2. The molecule has 9 rings (SSSR count). The number of aromatic amines is 2. The van der Waals surface area contributed by atoms with Crippen molar-refractivity contribution in [1.82, 2.24) is 24.8 Å². The zero-order valence-corrected chi connectivity index (χ0v) is 36.7. The van der Waals surface area contributed by atoms with E-state index in [0.29, 0.717) is 46.5 Å². The average Bonchev–Trinajstić information content (AvgIpc) is 4.10. The molecule has 5 heterocycles. The van der Waals surface area contributed by atoms with Gasteiger partial charge in [0.05, 0.1) is 29.9 Å². The Hall–Kier alpha value is -5.31. The average molecular weight is 902 g/mol. The van der Waals surface area contributed by atoms with Crippen molar-refractivity contribution in [1.29, 1.82) is 0 Å². The lowest BCUT2D eigenvalue weighted by Crippen LogP contribution is -2.27. The summed E-state index contributed by atoms with van der Waals surface area (Å²) in [6.45, 7) is 1.98. The van der Waals surface area contributed by atoms with E-state index in [-0.39, 0.29) is 0 Å². The summed E-state index contributed by atoms with van der Waals surface area (Å²) < 4.78 is 5.90. The molecule has 0 fully saturated rings. The van der Waals surface area contributed by atoms with Gasteiger partial charge in [0.2, 0.25) is 0 Å². The Bertz CT molecular complexity index is 2990. The number of nitrogens with one attached hydrogen (secondary N) is 2. The van der Waals surface area contributed by atoms with Gasteiger partial charge in [-0.3, -0.25) is 4.90 Å². The summed E-state index contributed by atoms with van der Waals surface area (Å²) in [5, 5.41) is 1.87. The second-order valence-corrected chi connectivity index (χ2v) is 16.8. The van der Waals surface area contributed by atoms with Crippen LogP contribution in [0.4, 0.5) is 0 Å². The molecule has 0 atom stereocenters. The van der Waals surface area contributed by atoms with Crippen LogP contribution >= 0.6 is 58.0 Å². The Morgan fingerprint density at radius 1 is 0.492 bits per heavy atom. The molecule has 2 aliphatic heterocycles. The predicted octanol–water partition coefficient (Wildman–Crippen LogP) is 14.6. The minimum Gasteiger partial charge on any atom is -0.496 e. The van der Waals surface area contributed by atoms with Gasteiger partial charge in [-0.15, -0.1) is 23.2 Å². The standard InChI is InChI=1S/C50H38Cl5N5O/c1-61-46-20-11-33(25-34(46)29-60(23-21-51)24-22-52)50-44-18-16-42(58-44)48(31-6-3-9-36(54)27-31)40-14-12-38(56-40)47(30-5-2-8-35(53)26-30)39-13-15-41(57-39)49(43-17-19-45(50)59-43)32-7-4-10-37(55)28-32/h2-20,25-28,56,59H,21-24,29H2,1H3. The lowest BCUT2D eigenvalue weighted by atomic mass is 10.0. The maximum absolute atomic E-state index is 6.67. The SMILES string of the molecule is COc1ccc(-c2c3nc(c(-c4cccc(Cl)c4)c4ccc([nH]4)c(-c4cccc(Cl)c4)c4nc(c(-c5cccc(Cl)c5)c5ccc2[nH]5)C=C4)C=C3)cc1CN(CCCl)CCCl. The summed E-state index contributed by atoms with van der Waals surface area (Å²) in [5.74, 6) is 1.75. The molecule has 0 unspecified atom stereocenters. The van der Waals surface area contributed by atoms with Crippen molar-refractivity contribution in [3.63, 3.8) is 0 Å². The highest BCUT2D eigenvalue weighted by Crippen LogP contribution is 2.40. The number of rotatable bonds is 11. The van der Waals surface area contributed by atoms with Gasteiger partial charge in [0.15, 0.2) is 0 Å². The summed E-state index contributed by atoms with van der Waals surface area (Å²) in [5.41, 5.74) is 14.9. The number of hydrogen-bond donors (Lipinski definition) is 2. The molecule has 8 bridgehead atoms. The monoisotopic (exact) mass is 899 g/mol. The van der Waals surface area contributed by atoms with Crippen LogP contribution in [0.2, 0.25) is 15.1 Å². The first-order chi connectivity index (χ1) is 29.8. The van der Waals surface area contributed by atoms with Crippen LogP contribution in [0.25, 0.3) is 90.9 Å². The molecule has 0 amide bonds. The van der Waals surface area contributed by atoms with E-state index in [0.717, 1.165) is 101 Å². The first kappa shape index (κ1) is 41.1. The summed E-state index contributed by atoms with van der Waals surface area (Å²) in [6.07, 6.45) is 8.25. The number of nitrogens with zero attached hydrogens (tertiary/aromatic N) is 3. The Morgan fingerprint density at radius 2 is 0.869 bits per heavy atom. The van der Waals surface area contributed by atoms with E-state index >= 15 is 0 Å². The fourth-order valence-corrected chi connectivity index (χ4v) is 9.21. The van der Waals surface area contributed by atoms with Gasteiger partial charge in [-0.05, 0) is 119 Å². The minimum atomic E-state index is 0.487. The fourth-order valence-electron chi connectivity index (χ4n) is 8.16. The van der Waals surface area contributed by atoms with E-state index in [1.54, 1.807) is 7.11 Å². The second kappa shape index (κ2) is 18.0. The van der Waals surface area contributed by atoms with Crippen LogP contribution < -0.4 is 4.74 Å². The summed E-state index contributed by atoms with van der Waals surface area (Å²) in [7, 11) is 1.69. The van der Waals surface area contributed by atoms with Crippen molar-refractivity contribution in [3.8, 4) is 50.3 Å². The van der Waals surface area contributed by atoms with E-state index in [4.69, 9.17) is 72.7 Å². The molecule has 0 saturated carbocycles. The van der Waals surface area contributed by atoms with E-state index in [1.807, 2.05) is 60.7 Å². The number of halogens is 5. The molecule has 2 N–H and O–H groups in total. The van der Waals surface area contributed by atoms with Crippen molar-refractivity contribution in [3.05, 3.63) is 159 Å². The molecular weight excluding hydrogens is 864 g/mol. The third-order valence-corrected chi connectivity index (χ3v) is 11.9. The summed E-state index contributed by atoms with van der Waals surface area (Å²) in [6, 6.07) is 38.2. The minimum absolute atomic E-state index is 0.487. The summed E-state index contributed by atoms with van der Waals surface area (Å²) >= 11 is 32.5. The van der Waals surface area contributed by atoms with Crippen LogP contribution in [-0.2, 0) is 6.54 Å². The molecule has 7 aromatic rings. The smallest absolute Gasteiger partial charge is 0.123 e. The van der Waals surface area contributed by atoms with Gasteiger partial charge in [-0.25, -0.2) is 9.97 Å². The maximum Gasteiger partial charge on any atom is 0.123 e. The molecule has 4 aromatic carbocycles. The van der Waals surface area contributed by atoms with Crippen molar-refractivity contribution >= 4 is 104 Å². The molecule has 0 aliphatic carbocycles. The number of H-pyrrole nitrogens is 2. The predicted molar refractivity (Wildman–Crippen MR) is 259 cm³/mol. The Balaban J connectivity index is 1.42. The summed E-state index contributed by atoms with van der Waals surface area (Å²) in [4.78, 5) is 20.6. The second-order valence-electron chi connectivity index (χ2n) is 14.7. The third-order valence-electron chi connectivity index (χ3n) is 10.9. The Morgan fingerprint density at radius 3 is 1.21 bits per heavy atom. The molecule has 2 aliphatic rings. The van der Waals surface area contributed by atoms with Crippen LogP contribution in [-0.4, -0.2) is 56.8 Å². The van der Waals surface area contributed by atoms with Crippen LogP contribution in [0.15, 0.2) is 115 Å². The fraction of sp³-hybridized carbons (Fsp3) is 0.120. The van der Waals surface area contributed by atoms with Gasteiger partial charge in [0.1, 0.15) is 5.75 Å². The molecule has 11 heteroatoms. The third kappa shape index (κ3) is 8.50. The van der Waals surface area contributed by atoms with E-state index in [2.05, 4.69) is 93.8 Å². The zero-order valence-electron chi connectivity index (χ0n) is 33.0. The topological polar surface area (TPSA) is 69.8 Å². The Labute approximate surface area is 379 Å². The molecular formula is C50H38Cl5N5O. The molecule has 0 radical (unpaired) electrons. The molecule has 0 saturated heterocycles. The van der Waals surface area contributed by atoms with Crippen molar-refractivity contribution < 1.29 is 4.74 Å². The first-order valence-electron chi connectivity index (χ1n) is 19.8. The Kier molecular flexibility index (Phi) is 12.1. The van der Waals surface area contributed by atoms with Gasteiger partial charge in [0, 0.05) is 96.3 Å². The van der Waals surface area contributed by atoms with Gasteiger partial charge in [-0.1, -0.05) is 77.3 Å². The van der Waals surface area contributed by atoms with Crippen molar-refractivity contribution in [2.24, 2.45) is 0 Å². The van der Waals surface area contributed by atoms with Gasteiger partial charge < -0.3 is 14.7 Å². The van der Waals surface area contributed by atoms with Crippen LogP contribution in [0.3, 0.4) is 0 Å². The van der Waals surface area contributed by atoms with Crippen LogP contribution in [0.1, 0.15) is 28.3 Å². The largest absolute Gasteiger partial charge is 0.496 e. The highest BCUT2D eigenvalue weighted by atomic mass is 35.5. The first-order valence-corrected chi connectivity index (χ1v) is 22.0. The quantitative estimate of drug-likeness (QED) is 0.127. The van der Waals surface area contributed by atoms with Gasteiger partial charge in [0.25, 0.3) is 0 Å². The number of benzene rings is 4. The number of ether oxygens (including phenoxy) is 1. The van der Waals surface area contributed by atoms with E-state index in [9.17, 15) is 0 Å². The van der Waals surface area contributed by atoms with Crippen LogP contribution in [0, 0.1) is 0 Å².